The topological polar surface area (TPSA) is 3.24 Å². The molecule has 1 rings (SSSR count). The van der Waals surface area contributed by atoms with Gasteiger partial charge in [0.25, 0.3) is 0 Å². The van der Waals surface area contributed by atoms with Crippen molar-refractivity contribution in [3.05, 3.63) is 29.8 Å². The maximum absolute atomic E-state index is 2.26. The minimum Gasteiger partial charge on any atom is -0.255 e. The van der Waals surface area contributed by atoms with E-state index in [1.807, 2.05) is 0 Å². The van der Waals surface area contributed by atoms with Gasteiger partial charge in [0, 0.05) is 0 Å². The molecule has 0 amide bonds. The third-order valence-corrected chi connectivity index (χ3v) is 2.87. The summed E-state index contributed by atoms with van der Waals surface area (Å²) in [6.45, 7) is 4.42. The number of benzene rings is 1. The molecule has 12 heavy (non-hydrogen) atoms. The zero-order chi connectivity index (χ0) is 9.14. The second-order valence-electron chi connectivity index (χ2n) is 2.98. The van der Waals surface area contributed by atoms with E-state index < -0.39 is 0 Å². The van der Waals surface area contributed by atoms with Crippen LogP contribution in [0.3, 0.4) is 0 Å². The van der Waals surface area contributed by atoms with Crippen molar-refractivity contribution in [2.75, 3.05) is 1.33 Å². The van der Waals surface area contributed by atoms with E-state index >= 15 is 0 Å². The molecule has 0 unspecified atom stereocenters. The van der Waals surface area contributed by atoms with Crippen LogP contribution in [0.1, 0.15) is 25.3 Å². The molecule has 0 aliphatic carbocycles. The molecule has 0 saturated carbocycles. The van der Waals surface area contributed by atoms with E-state index in [2.05, 4.69) is 85.2 Å². The molecule has 0 bridgehead atoms. The molecule has 0 radical (unpaired) electrons. The molecule has 0 N–H and O–H groups in total. The van der Waals surface area contributed by atoms with Crippen molar-refractivity contribution < 1.29 is 0 Å². The maximum Gasteiger partial charge on any atom is 0.0697 e. The van der Waals surface area contributed by atoms with Crippen LogP contribution in [0.2, 0.25) is 0 Å². The highest BCUT2D eigenvalue weighted by Gasteiger charge is 2.00. The Labute approximate surface area is 102 Å². The minimum absolute atomic E-state index is 0.621. The summed E-state index contributed by atoms with van der Waals surface area (Å²) in [6, 6.07) is 8.66. The Balaban J connectivity index is 2.86. The summed E-state index contributed by atoms with van der Waals surface area (Å²) in [5.74, 6) is 0.621. The molecule has 0 aliphatic rings. The fourth-order valence-corrected chi connectivity index (χ4v) is 1.62. The van der Waals surface area contributed by atoms with Crippen LogP contribution in [-0.4, -0.2) is 0 Å². The van der Waals surface area contributed by atoms with Crippen molar-refractivity contribution in [3.63, 3.8) is 0 Å². The summed E-state index contributed by atoms with van der Waals surface area (Å²) in [7, 11) is 0. The molecule has 1 aromatic carbocycles. The number of halogens is 2. The molecular weight excluding hydrogens is 376 g/mol. The Morgan fingerprint density at radius 3 is 1.92 bits per heavy atom. The Morgan fingerprint density at radius 1 is 1.08 bits per heavy atom. The van der Waals surface area contributed by atoms with Gasteiger partial charge in [-0.3, -0.25) is 1.33 Å². The Hall–Kier alpha value is 0.480. The molecule has 0 atom stereocenters. The maximum atomic E-state index is 2.26. The van der Waals surface area contributed by atoms with Crippen LogP contribution in [0.25, 0.3) is 0 Å². The molecule has 0 spiro atoms. The van der Waals surface area contributed by atoms with Crippen molar-refractivity contribution in [1.29, 1.82) is 0 Å². The third kappa shape index (κ3) is 2.76. The van der Waals surface area contributed by atoms with E-state index in [9.17, 15) is 0 Å². The summed E-state index contributed by atoms with van der Waals surface area (Å²) in [5.41, 5.74) is 2.63. The van der Waals surface area contributed by atoms with Gasteiger partial charge in [-0.2, -0.15) is 0 Å². The fourth-order valence-electron chi connectivity index (χ4n) is 0.972. The average molecular weight is 387 g/mol. The van der Waals surface area contributed by atoms with Crippen molar-refractivity contribution >= 4 is 51.4 Å². The highest BCUT2D eigenvalue weighted by Crippen LogP contribution is 2.24. The second kappa shape index (κ2) is 4.64. The summed E-state index contributed by atoms with van der Waals surface area (Å²) in [6.07, 6.45) is 0. The first kappa shape index (κ1) is 10.6. The predicted octanol–water partition coefficient (Wildman–Crippen LogP) is 4.32. The average Bonchev–Trinajstić information content (AvgIpc) is 2.04. The van der Waals surface area contributed by atoms with Crippen molar-refractivity contribution in [2.45, 2.75) is 19.8 Å². The lowest BCUT2D eigenvalue weighted by Gasteiger charge is -2.09. The van der Waals surface area contributed by atoms with Gasteiger partial charge >= 0.3 is 0 Å². The van der Waals surface area contributed by atoms with Crippen LogP contribution in [0.15, 0.2) is 24.3 Å². The molecule has 3 heteroatoms. The van der Waals surface area contributed by atoms with Crippen LogP contribution < -0.4 is 1.33 Å². The Bertz CT molecular complexity index is 214. The van der Waals surface area contributed by atoms with Crippen molar-refractivity contribution in [1.82, 2.24) is 0 Å². The zero-order valence-corrected chi connectivity index (χ0v) is 11.4. The summed E-state index contributed by atoms with van der Waals surface area (Å²) < 4.78 is 2.06. The van der Waals surface area contributed by atoms with Crippen LogP contribution >= 0.6 is 45.7 Å². The number of hydrogen-bond acceptors (Lipinski definition) is 1. The van der Waals surface area contributed by atoms with Gasteiger partial charge < -0.3 is 0 Å². The largest absolute Gasteiger partial charge is 0.255 e. The van der Waals surface area contributed by atoms with Crippen LogP contribution in [0.4, 0.5) is 5.69 Å². The van der Waals surface area contributed by atoms with Crippen LogP contribution in [0, 0.1) is 0 Å². The first-order chi connectivity index (χ1) is 5.61. The number of nitrogens with zero attached hydrogens (tertiary/aromatic N) is 1. The highest BCUT2D eigenvalue weighted by molar-refractivity contribution is 14.2. The smallest absolute Gasteiger partial charge is 0.0697 e. The van der Waals surface area contributed by atoms with Gasteiger partial charge in [-0.25, -0.2) is 0 Å². The molecular formula is C9H11I2N. The standard InChI is InChI=1S/C9H11I2N/c1-7(2)8-3-5-9(6-4-8)12(10)11/h3-7H,1-2H3. The van der Waals surface area contributed by atoms with Gasteiger partial charge in [0.2, 0.25) is 0 Å². The predicted molar refractivity (Wildman–Crippen MR) is 71.1 cm³/mol. The second-order valence-corrected chi connectivity index (χ2v) is 6.76. The molecule has 1 aromatic rings. The Kier molecular flexibility index (Phi) is 4.09. The van der Waals surface area contributed by atoms with E-state index in [0.717, 1.165) is 0 Å². The minimum atomic E-state index is 0.621. The molecule has 0 aliphatic heterocycles. The van der Waals surface area contributed by atoms with Crippen LogP contribution in [0.5, 0.6) is 0 Å². The lowest BCUT2D eigenvalue weighted by molar-refractivity contribution is 0.867. The zero-order valence-electron chi connectivity index (χ0n) is 7.09. The molecule has 66 valence electrons. The normalized spacial score (nSPS) is 10.4. The first-order valence-electron chi connectivity index (χ1n) is 3.83. The van der Waals surface area contributed by atoms with E-state index in [1.54, 1.807) is 0 Å². The quantitative estimate of drug-likeness (QED) is 0.540. The first-order valence-corrected chi connectivity index (χ1v) is 5.76. The van der Waals surface area contributed by atoms with Crippen molar-refractivity contribution in [3.8, 4) is 0 Å². The number of hydrogen-bond donors (Lipinski definition) is 0. The number of anilines is 1. The lowest BCUT2D eigenvalue weighted by Crippen LogP contribution is -1.91. The summed E-state index contributed by atoms with van der Waals surface area (Å²) in [4.78, 5) is 0. The SMILES string of the molecule is CC(C)c1ccc(N(I)I)cc1. The Morgan fingerprint density at radius 2 is 1.58 bits per heavy atom. The molecule has 0 fully saturated rings. The molecule has 0 aromatic heterocycles. The van der Waals surface area contributed by atoms with Gasteiger partial charge in [-0.05, 0) is 23.6 Å². The monoisotopic (exact) mass is 387 g/mol. The van der Waals surface area contributed by atoms with Gasteiger partial charge in [-0.1, -0.05) is 26.0 Å². The lowest BCUT2D eigenvalue weighted by atomic mass is 10.0. The van der Waals surface area contributed by atoms with E-state index in [0.29, 0.717) is 5.92 Å². The molecule has 0 heterocycles. The van der Waals surface area contributed by atoms with Gasteiger partial charge in [0.05, 0.1) is 51.4 Å². The van der Waals surface area contributed by atoms with Gasteiger partial charge in [0.15, 0.2) is 0 Å². The van der Waals surface area contributed by atoms with Crippen molar-refractivity contribution in [2.24, 2.45) is 0 Å². The van der Waals surface area contributed by atoms with Crippen LogP contribution in [-0.2, 0) is 0 Å². The van der Waals surface area contributed by atoms with E-state index in [1.165, 1.54) is 11.3 Å². The third-order valence-electron chi connectivity index (χ3n) is 1.75. The molecule has 1 nitrogen and oxygen atoms in total. The number of rotatable bonds is 2. The summed E-state index contributed by atoms with van der Waals surface area (Å²) in [5, 5.41) is 0. The fraction of sp³-hybridized carbons (Fsp3) is 0.333. The highest BCUT2D eigenvalue weighted by atomic mass is 127. The van der Waals surface area contributed by atoms with E-state index in [-0.39, 0.29) is 0 Å². The summed E-state index contributed by atoms with van der Waals surface area (Å²) >= 11 is 4.51. The van der Waals surface area contributed by atoms with Gasteiger partial charge in [0.1, 0.15) is 0 Å². The van der Waals surface area contributed by atoms with Gasteiger partial charge in [-0.15, -0.1) is 0 Å². The van der Waals surface area contributed by atoms with E-state index in [4.69, 9.17) is 0 Å². The molecule has 0 saturated heterocycles.